The molecule has 0 N–H and O–H groups in total. The van der Waals surface area contributed by atoms with Crippen LogP contribution in [-0.4, -0.2) is 28.9 Å². The third-order valence-corrected chi connectivity index (χ3v) is 3.98. The van der Waals surface area contributed by atoms with Crippen LogP contribution in [0.4, 0.5) is 0 Å². The SMILES string of the molecule is O=C(c1cccc(OCc2cscn2)c1)N1CCCC1. The largest absolute Gasteiger partial charge is 0.487 e. The zero-order valence-corrected chi connectivity index (χ0v) is 11.9. The van der Waals surface area contributed by atoms with Crippen LogP contribution >= 0.6 is 11.3 Å². The molecule has 2 heterocycles. The number of amides is 1. The number of aromatic nitrogens is 1. The normalized spacial score (nSPS) is 14.5. The van der Waals surface area contributed by atoms with Gasteiger partial charge in [-0.05, 0) is 31.0 Å². The number of nitrogens with zero attached hydrogens (tertiary/aromatic N) is 2. The van der Waals surface area contributed by atoms with Crippen molar-refractivity contribution in [3.05, 3.63) is 46.4 Å². The van der Waals surface area contributed by atoms with Crippen LogP contribution < -0.4 is 4.74 Å². The zero-order valence-electron chi connectivity index (χ0n) is 11.1. The highest BCUT2D eigenvalue weighted by atomic mass is 32.1. The molecular formula is C15H16N2O2S. The van der Waals surface area contributed by atoms with E-state index in [1.807, 2.05) is 34.5 Å². The van der Waals surface area contributed by atoms with E-state index in [4.69, 9.17) is 4.74 Å². The second-order valence-electron chi connectivity index (χ2n) is 4.80. The summed E-state index contributed by atoms with van der Waals surface area (Å²) in [4.78, 5) is 18.4. The molecule has 1 aliphatic heterocycles. The number of carbonyl (C=O) groups is 1. The van der Waals surface area contributed by atoms with Gasteiger partial charge >= 0.3 is 0 Å². The maximum atomic E-state index is 12.3. The van der Waals surface area contributed by atoms with Crippen molar-refractivity contribution in [1.82, 2.24) is 9.88 Å². The molecule has 1 fully saturated rings. The summed E-state index contributed by atoms with van der Waals surface area (Å²) >= 11 is 1.55. The number of thiazole rings is 1. The van der Waals surface area contributed by atoms with Gasteiger partial charge in [0.15, 0.2) is 0 Å². The predicted molar refractivity (Wildman–Crippen MR) is 78.0 cm³/mol. The lowest BCUT2D eigenvalue weighted by Gasteiger charge is -2.15. The number of carbonyl (C=O) groups excluding carboxylic acids is 1. The maximum absolute atomic E-state index is 12.3. The lowest BCUT2D eigenvalue weighted by atomic mass is 10.2. The number of benzene rings is 1. The van der Waals surface area contributed by atoms with Gasteiger partial charge in [0.2, 0.25) is 0 Å². The molecule has 1 saturated heterocycles. The highest BCUT2D eigenvalue weighted by Crippen LogP contribution is 2.18. The Labute approximate surface area is 122 Å². The van der Waals surface area contributed by atoms with Gasteiger partial charge in [-0.2, -0.15) is 0 Å². The van der Waals surface area contributed by atoms with Gasteiger partial charge in [0.05, 0.1) is 11.2 Å². The van der Waals surface area contributed by atoms with Gasteiger partial charge in [0.25, 0.3) is 5.91 Å². The summed E-state index contributed by atoms with van der Waals surface area (Å²) in [5.41, 5.74) is 3.39. The smallest absolute Gasteiger partial charge is 0.253 e. The summed E-state index contributed by atoms with van der Waals surface area (Å²) in [6.45, 7) is 2.16. The maximum Gasteiger partial charge on any atom is 0.253 e. The fourth-order valence-electron chi connectivity index (χ4n) is 2.29. The minimum absolute atomic E-state index is 0.0987. The van der Waals surface area contributed by atoms with Crippen molar-refractivity contribution in [2.24, 2.45) is 0 Å². The van der Waals surface area contributed by atoms with E-state index in [1.165, 1.54) is 0 Å². The van der Waals surface area contributed by atoms with Crippen LogP contribution in [0.15, 0.2) is 35.2 Å². The van der Waals surface area contributed by atoms with Gasteiger partial charge in [-0.15, -0.1) is 11.3 Å². The molecule has 0 atom stereocenters. The monoisotopic (exact) mass is 288 g/mol. The Hall–Kier alpha value is -1.88. The summed E-state index contributed by atoms with van der Waals surface area (Å²) in [6.07, 6.45) is 2.21. The summed E-state index contributed by atoms with van der Waals surface area (Å²) in [5.74, 6) is 0.810. The third kappa shape index (κ3) is 2.99. The minimum atomic E-state index is 0.0987. The quantitative estimate of drug-likeness (QED) is 0.868. The Kier molecular flexibility index (Phi) is 3.97. The molecule has 1 aromatic heterocycles. The van der Waals surface area contributed by atoms with Crippen LogP contribution in [0.3, 0.4) is 0 Å². The van der Waals surface area contributed by atoms with Gasteiger partial charge < -0.3 is 9.64 Å². The highest BCUT2D eigenvalue weighted by Gasteiger charge is 2.19. The molecule has 0 spiro atoms. The average Bonchev–Trinajstić information content (AvgIpc) is 3.18. The fourth-order valence-corrected chi connectivity index (χ4v) is 2.83. The van der Waals surface area contributed by atoms with Crippen molar-refractivity contribution in [1.29, 1.82) is 0 Å². The van der Waals surface area contributed by atoms with Crippen LogP contribution in [0, 0.1) is 0 Å². The number of hydrogen-bond donors (Lipinski definition) is 0. The molecule has 0 radical (unpaired) electrons. The van der Waals surface area contributed by atoms with Crippen LogP contribution in [0.5, 0.6) is 5.75 Å². The van der Waals surface area contributed by atoms with E-state index in [0.29, 0.717) is 17.9 Å². The zero-order chi connectivity index (χ0) is 13.8. The van der Waals surface area contributed by atoms with Crippen molar-refractivity contribution in [2.75, 3.05) is 13.1 Å². The van der Waals surface area contributed by atoms with Crippen LogP contribution in [0.1, 0.15) is 28.9 Å². The van der Waals surface area contributed by atoms with Gasteiger partial charge in [0, 0.05) is 24.0 Å². The van der Waals surface area contributed by atoms with Crippen molar-refractivity contribution in [3.63, 3.8) is 0 Å². The molecule has 0 bridgehead atoms. The predicted octanol–water partition coefficient (Wildman–Crippen LogP) is 2.96. The third-order valence-electron chi connectivity index (χ3n) is 3.34. The number of likely N-dealkylation sites (tertiary alicyclic amines) is 1. The van der Waals surface area contributed by atoms with Crippen LogP contribution in [0.2, 0.25) is 0 Å². The van der Waals surface area contributed by atoms with E-state index in [0.717, 1.165) is 31.6 Å². The molecule has 5 heteroatoms. The van der Waals surface area contributed by atoms with Crippen molar-refractivity contribution in [2.45, 2.75) is 19.4 Å². The topological polar surface area (TPSA) is 42.4 Å². The molecule has 0 aliphatic carbocycles. The van der Waals surface area contributed by atoms with Gasteiger partial charge in [-0.1, -0.05) is 6.07 Å². The average molecular weight is 288 g/mol. The minimum Gasteiger partial charge on any atom is -0.487 e. The van der Waals surface area contributed by atoms with E-state index >= 15 is 0 Å². The van der Waals surface area contributed by atoms with Gasteiger partial charge in [-0.25, -0.2) is 4.98 Å². The number of rotatable bonds is 4. The molecule has 104 valence electrons. The first-order valence-corrected chi connectivity index (χ1v) is 7.66. The Morgan fingerprint density at radius 2 is 2.20 bits per heavy atom. The molecule has 3 rings (SSSR count). The summed E-state index contributed by atoms with van der Waals surface area (Å²) in [7, 11) is 0. The second kappa shape index (κ2) is 6.05. The van der Waals surface area contributed by atoms with E-state index < -0.39 is 0 Å². The summed E-state index contributed by atoms with van der Waals surface area (Å²) in [5, 5.41) is 1.96. The summed E-state index contributed by atoms with van der Waals surface area (Å²) in [6, 6.07) is 7.39. The number of ether oxygens (including phenoxy) is 1. The molecule has 1 amide bonds. The fraction of sp³-hybridized carbons (Fsp3) is 0.333. The van der Waals surface area contributed by atoms with Crippen LogP contribution in [0.25, 0.3) is 0 Å². The van der Waals surface area contributed by atoms with E-state index in [-0.39, 0.29) is 5.91 Å². The van der Waals surface area contributed by atoms with E-state index in [2.05, 4.69) is 4.98 Å². The molecule has 1 aliphatic rings. The first kappa shape index (κ1) is 13.1. The molecule has 0 unspecified atom stereocenters. The lowest BCUT2D eigenvalue weighted by molar-refractivity contribution is 0.0792. The van der Waals surface area contributed by atoms with Gasteiger partial charge in [-0.3, -0.25) is 4.79 Å². The molecule has 1 aromatic carbocycles. The Morgan fingerprint density at radius 3 is 2.95 bits per heavy atom. The molecule has 2 aromatic rings. The standard InChI is InChI=1S/C15H16N2O2S/c18-15(17-6-1-2-7-17)12-4-3-5-14(8-12)19-9-13-10-20-11-16-13/h3-5,8,10-11H,1-2,6-7,9H2. The summed E-state index contributed by atoms with van der Waals surface area (Å²) < 4.78 is 5.68. The van der Waals surface area contributed by atoms with E-state index in [9.17, 15) is 4.79 Å². The molecule has 20 heavy (non-hydrogen) atoms. The first-order chi connectivity index (χ1) is 9.83. The highest BCUT2D eigenvalue weighted by molar-refractivity contribution is 7.07. The van der Waals surface area contributed by atoms with Crippen molar-refractivity contribution < 1.29 is 9.53 Å². The van der Waals surface area contributed by atoms with Crippen molar-refractivity contribution >= 4 is 17.2 Å². The Bertz CT molecular complexity index is 577. The Morgan fingerprint density at radius 1 is 1.35 bits per heavy atom. The number of hydrogen-bond acceptors (Lipinski definition) is 4. The van der Waals surface area contributed by atoms with Gasteiger partial charge in [0.1, 0.15) is 12.4 Å². The molecule has 4 nitrogen and oxygen atoms in total. The lowest BCUT2D eigenvalue weighted by Crippen LogP contribution is -2.27. The van der Waals surface area contributed by atoms with Crippen molar-refractivity contribution in [3.8, 4) is 5.75 Å². The van der Waals surface area contributed by atoms with Crippen LogP contribution in [-0.2, 0) is 6.61 Å². The molecule has 0 saturated carbocycles. The first-order valence-electron chi connectivity index (χ1n) is 6.72. The second-order valence-corrected chi connectivity index (χ2v) is 5.51. The molecular weight excluding hydrogens is 272 g/mol. The van der Waals surface area contributed by atoms with E-state index in [1.54, 1.807) is 16.8 Å². The Balaban J connectivity index is 1.67.